The molecule has 2 aromatic carbocycles. The summed E-state index contributed by atoms with van der Waals surface area (Å²) in [5, 5.41) is 12.4. The molecular formula is C31H36F3N5O3. The zero-order valence-corrected chi connectivity index (χ0v) is 23.5. The molecule has 11 heteroatoms. The lowest BCUT2D eigenvalue weighted by Crippen LogP contribution is -2.41. The lowest BCUT2D eigenvalue weighted by Gasteiger charge is -2.39. The summed E-state index contributed by atoms with van der Waals surface area (Å²) in [6.07, 6.45) is -1.72. The quantitative estimate of drug-likeness (QED) is 0.290. The van der Waals surface area contributed by atoms with Crippen LogP contribution in [-0.4, -0.2) is 52.9 Å². The van der Waals surface area contributed by atoms with Gasteiger partial charge in [0.1, 0.15) is 11.9 Å². The van der Waals surface area contributed by atoms with Gasteiger partial charge < -0.3 is 25.8 Å². The van der Waals surface area contributed by atoms with Crippen molar-refractivity contribution in [3.05, 3.63) is 65.7 Å². The second-order valence-corrected chi connectivity index (χ2v) is 11.3. The zero-order valence-electron chi connectivity index (χ0n) is 23.5. The maximum Gasteiger partial charge on any atom is 0.429 e. The largest absolute Gasteiger partial charge is 0.480 e. The number of nitrogen functional groups attached to an aromatic ring is 1. The predicted molar refractivity (Wildman–Crippen MR) is 154 cm³/mol. The molecule has 2 saturated heterocycles. The summed E-state index contributed by atoms with van der Waals surface area (Å²) in [5.41, 5.74) is 8.69. The smallest absolute Gasteiger partial charge is 0.429 e. The van der Waals surface area contributed by atoms with Crippen LogP contribution in [0.2, 0.25) is 0 Å². The highest BCUT2D eigenvalue weighted by Gasteiger charge is 2.45. The molecule has 2 fully saturated rings. The fourth-order valence-electron chi connectivity index (χ4n) is 5.88. The maximum atomic E-state index is 14.2. The minimum atomic E-state index is -4.70. The van der Waals surface area contributed by atoms with Crippen molar-refractivity contribution in [2.24, 2.45) is 5.41 Å². The van der Waals surface area contributed by atoms with E-state index in [2.05, 4.69) is 34.3 Å². The first-order valence-corrected chi connectivity index (χ1v) is 14.3. The molecule has 1 spiro atoms. The number of carboxylic acid groups (broad SMARTS) is 1. The molecule has 4 N–H and O–H groups in total. The number of carboxylic acids is 1. The summed E-state index contributed by atoms with van der Waals surface area (Å²) in [4.78, 5) is 21.5. The van der Waals surface area contributed by atoms with E-state index in [0.717, 1.165) is 43.2 Å². The number of alkyl halides is 3. The van der Waals surface area contributed by atoms with Crippen molar-refractivity contribution in [2.45, 2.75) is 63.8 Å². The van der Waals surface area contributed by atoms with Crippen molar-refractivity contribution in [3.63, 3.8) is 0 Å². The number of hydrogen-bond acceptors (Lipinski definition) is 7. The summed E-state index contributed by atoms with van der Waals surface area (Å²) in [6, 6.07) is 15.1. The number of benzene rings is 2. The third-order valence-electron chi connectivity index (χ3n) is 8.37. The normalized spacial score (nSPS) is 19.1. The van der Waals surface area contributed by atoms with Crippen LogP contribution in [0.15, 0.2) is 54.6 Å². The van der Waals surface area contributed by atoms with Crippen LogP contribution in [-0.2, 0) is 11.2 Å². The van der Waals surface area contributed by atoms with Gasteiger partial charge in [-0.1, -0.05) is 61.9 Å². The number of halogens is 3. The summed E-state index contributed by atoms with van der Waals surface area (Å²) < 4.78 is 48.1. The monoisotopic (exact) mass is 583 g/mol. The van der Waals surface area contributed by atoms with Crippen LogP contribution in [0, 0.1) is 5.41 Å². The number of ether oxygens (including phenoxy) is 1. The SMILES string of the molecule is CCCCc1ccc(-c2ccc([C@@H](Oc3cc(N4CCC5(CC4)CN[C@H](C(=O)O)C5)nc(N)n3)C(F)(F)F)cc2)cc1. The molecule has 0 unspecified atom stereocenters. The predicted octanol–water partition coefficient (Wildman–Crippen LogP) is 5.78. The van der Waals surface area contributed by atoms with Gasteiger partial charge in [-0.2, -0.15) is 23.1 Å². The Morgan fingerprint density at radius 2 is 1.76 bits per heavy atom. The lowest BCUT2D eigenvalue weighted by molar-refractivity contribution is -0.198. The van der Waals surface area contributed by atoms with Crippen molar-refractivity contribution in [1.82, 2.24) is 15.3 Å². The van der Waals surface area contributed by atoms with Crippen LogP contribution >= 0.6 is 0 Å². The average molecular weight is 584 g/mol. The van der Waals surface area contributed by atoms with Gasteiger partial charge in [-0.3, -0.25) is 4.79 Å². The lowest BCUT2D eigenvalue weighted by atomic mass is 9.76. The molecular weight excluding hydrogens is 547 g/mol. The second kappa shape index (κ2) is 12.2. The highest BCUT2D eigenvalue weighted by atomic mass is 19.4. The van der Waals surface area contributed by atoms with Crippen LogP contribution in [0.3, 0.4) is 0 Å². The van der Waals surface area contributed by atoms with E-state index in [1.807, 2.05) is 17.0 Å². The summed E-state index contributed by atoms with van der Waals surface area (Å²) in [6.45, 7) is 3.89. The number of piperidine rings is 1. The average Bonchev–Trinajstić information content (AvgIpc) is 3.38. The number of carbonyl (C=O) groups is 1. The van der Waals surface area contributed by atoms with Gasteiger partial charge in [0, 0.05) is 31.3 Å². The first-order valence-electron chi connectivity index (χ1n) is 14.3. The number of anilines is 2. The van der Waals surface area contributed by atoms with Gasteiger partial charge >= 0.3 is 12.1 Å². The molecule has 3 heterocycles. The molecule has 0 bridgehead atoms. The van der Waals surface area contributed by atoms with E-state index in [1.54, 1.807) is 12.1 Å². The van der Waals surface area contributed by atoms with Gasteiger partial charge in [-0.25, -0.2) is 0 Å². The molecule has 1 aromatic heterocycles. The van der Waals surface area contributed by atoms with E-state index in [0.29, 0.717) is 31.9 Å². The number of nitrogens with zero attached hydrogens (tertiary/aromatic N) is 3. The first-order chi connectivity index (χ1) is 20.0. The van der Waals surface area contributed by atoms with E-state index in [9.17, 15) is 23.1 Å². The Labute approximate surface area is 243 Å². The minimum absolute atomic E-state index is 0.0498. The standard InChI is InChI=1S/C31H36F3N5O3/c1-2-3-4-20-5-7-21(8-6-20)22-9-11-23(12-10-22)27(31(32,33)34)42-26-17-25(37-29(35)38-26)39-15-13-30(14-16-39)18-24(28(40)41)36-19-30/h5-12,17,24,27,36H,2-4,13-16,18-19H2,1H3,(H,40,41)(H2,35,37,38)/t24-,27+/m0/s1. The van der Waals surface area contributed by atoms with Gasteiger partial charge in [-0.15, -0.1) is 0 Å². The van der Waals surface area contributed by atoms with Crippen molar-refractivity contribution < 1.29 is 27.8 Å². The molecule has 224 valence electrons. The van der Waals surface area contributed by atoms with E-state index >= 15 is 0 Å². The molecule has 2 atom stereocenters. The Bertz CT molecular complexity index is 1370. The fourth-order valence-corrected chi connectivity index (χ4v) is 5.88. The fraction of sp³-hybridized carbons (Fsp3) is 0.452. The van der Waals surface area contributed by atoms with Crippen LogP contribution in [0.4, 0.5) is 24.9 Å². The number of unbranched alkanes of at least 4 members (excludes halogenated alkanes) is 1. The van der Waals surface area contributed by atoms with Gasteiger partial charge in [0.2, 0.25) is 17.9 Å². The zero-order chi connectivity index (χ0) is 29.9. The Hall–Kier alpha value is -3.86. The molecule has 5 rings (SSSR count). The topological polar surface area (TPSA) is 114 Å². The number of nitrogens with two attached hydrogens (primary N) is 1. The third-order valence-corrected chi connectivity index (χ3v) is 8.37. The molecule has 3 aromatic rings. The number of hydrogen-bond donors (Lipinski definition) is 3. The van der Waals surface area contributed by atoms with Gasteiger partial charge in [-0.05, 0) is 54.2 Å². The van der Waals surface area contributed by atoms with Crippen molar-refractivity contribution in [1.29, 1.82) is 0 Å². The molecule has 42 heavy (non-hydrogen) atoms. The Balaban J connectivity index is 1.29. The van der Waals surface area contributed by atoms with Crippen LogP contribution in [0.1, 0.15) is 56.3 Å². The Morgan fingerprint density at radius 1 is 1.12 bits per heavy atom. The molecule has 2 aliphatic rings. The molecule has 8 nitrogen and oxygen atoms in total. The molecule has 0 amide bonds. The Kier molecular flexibility index (Phi) is 8.58. The van der Waals surface area contributed by atoms with E-state index in [4.69, 9.17) is 10.5 Å². The molecule has 0 aliphatic carbocycles. The minimum Gasteiger partial charge on any atom is -0.480 e. The summed E-state index contributed by atoms with van der Waals surface area (Å²) >= 11 is 0. The number of aliphatic carboxylic acids is 1. The molecule has 2 aliphatic heterocycles. The first kappa shape index (κ1) is 29.6. The molecule has 0 radical (unpaired) electrons. The van der Waals surface area contributed by atoms with Crippen molar-refractivity contribution in [2.75, 3.05) is 30.3 Å². The maximum absolute atomic E-state index is 14.2. The molecule has 0 saturated carbocycles. The van der Waals surface area contributed by atoms with E-state index in [1.165, 1.54) is 23.8 Å². The van der Waals surface area contributed by atoms with Crippen LogP contribution < -0.4 is 20.7 Å². The Morgan fingerprint density at radius 3 is 2.33 bits per heavy atom. The number of nitrogens with one attached hydrogen (secondary N) is 1. The highest BCUT2D eigenvalue weighted by molar-refractivity contribution is 5.74. The third kappa shape index (κ3) is 6.78. The van der Waals surface area contributed by atoms with Crippen molar-refractivity contribution >= 4 is 17.7 Å². The van der Waals surface area contributed by atoms with E-state index in [-0.39, 0.29) is 22.8 Å². The number of rotatable bonds is 9. The number of aromatic nitrogens is 2. The van der Waals surface area contributed by atoms with Gasteiger partial charge in [0.15, 0.2) is 0 Å². The van der Waals surface area contributed by atoms with E-state index < -0.39 is 24.3 Å². The van der Waals surface area contributed by atoms with Crippen LogP contribution in [0.25, 0.3) is 11.1 Å². The summed E-state index contributed by atoms with van der Waals surface area (Å²) in [7, 11) is 0. The summed E-state index contributed by atoms with van der Waals surface area (Å²) in [5.74, 6) is -0.924. The van der Waals surface area contributed by atoms with Crippen LogP contribution in [0.5, 0.6) is 5.88 Å². The number of aryl methyl sites for hydroxylation is 1. The highest BCUT2D eigenvalue weighted by Crippen LogP contribution is 2.41. The second-order valence-electron chi connectivity index (χ2n) is 11.3. The van der Waals surface area contributed by atoms with Gasteiger partial charge in [0.05, 0.1) is 0 Å². The van der Waals surface area contributed by atoms with Gasteiger partial charge in [0.25, 0.3) is 0 Å². The van der Waals surface area contributed by atoms with Crippen molar-refractivity contribution in [3.8, 4) is 17.0 Å².